The number of benzene rings is 1. The summed E-state index contributed by atoms with van der Waals surface area (Å²) in [5.41, 5.74) is 5.03. The van der Waals surface area contributed by atoms with E-state index in [-0.39, 0.29) is 0 Å². The smallest absolute Gasteiger partial charge is 0.160 e. The van der Waals surface area contributed by atoms with Gasteiger partial charge in [0.25, 0.3) is 0 Å². The highest BCUT2D eigenvalue weighted by Crippen LogP contribution is 2.21. The Bertz CT molecular complexity index is 843. The Morgan fingerprint density at radius 3 is 3.12 bits per heavy atom. The lowest BCUT2D eigenvalue weighted by atomic mass is 10.1. The fourth-order valence-electron chi connectivity index (χ4n) is 3.31. The lowest BCUT2D eigenvalue weighted by Crippen LogP contribution is -2.11. The number of imidazole rings is 1. The quantitative estimate of drug-likeness (QED) is 0.678. The van der Waals surface area contributed by atoms with Crippen LogP contribution in [0.25, 0.3) is 11.5 Å². The summed E-state index contributed by atoms with van der Waals surface area (Å²) in [5, 5.41) is 8.24. The van der Waals surface area contributed by atoms with E-state index in [1.54, 1.807) is 0 Å². The zero-order valence-corrected chi connectivity index (χ0v) is 16.0. The summed E-state index contributed by atoms with van der Waals surface area (Å²) in [6.07, 6.45) is 5.06. The predicted octanol–water partition coefficient (Wildman–Crippen LogP) is 3.48. The SMILES string of the molecule is Cc1ccccc1CSCCn1ccnc1-c1cc2n(n1)CCCNC2. The Hall–Kier alpha value is -2.05. The maximum atomic E-state index is 4.79. The van der Waals surface area contributed by atoms with Gasteiger partial charge in [0.05, 0.1) is 5.69 Å². The van der Waals surface area contributed by atoms with Crippen LogP contribution in [-0.4, -0.2) is 31.6 Å². The monoisotopic (exact) mass is 367 g/mol. The van der Waals surface area contributed by atoms with Gasteiger partial charge in [-0.1, -0.05) is 24.3 Å². The molecule has 1 N–H and O–H groups in total. The van der Waals surface area contributed by atoms with Crippen molar-refractivity contribution in [2.75, 3.05) is 12.3 Å². The molecule has 5 nitrogen and oxygen atoms in total. The molecule has 0 aliphatic carbocycles. The van der Waals surface area contributed by atoms with Crippen LogP contribution < -0.4 is 5.32 Å². The number of nitrogens with zero attached hydrogens (tertiary/aromatic N) is 4. The molecule has 0 unspecified atom stereocenters. The van der Waals surface area contributed by atoms with Crippen LogP contribution in [0.5, 0.6) is 0 Å². The van der Waals surface area contributed by atoms with Crippen molar-refractivity contribution >= 4 is 11.8 Å². The first kappa shape index (κ1) is 17.4. The van der Waals surface area contributed by atoms with Crippen molar-refractivity contribution in [3.63, 3.8) is 0 Å². The van der Waals surface area contributed by atoms with Crippen molar-refractivity contribution in [2.24, 2.45) is 0 Å². The topological polar surface area (TPSA) is 47.7 Å². The third kappa shape index (κ3) is 3.86. The Balaban J connectivity index is 1.39. The second-order valence-electron chi connectivity index (χ2n) is 6.70. The number of thioether (sulfide) groups is 1. The molecule has 1 aliphatic heterocycles. The average molecular weight is 368 g/mol. The Kier molecular flexibility index (Phi) is 5.41. The number of hydrogen-bond acceptors (Lipinski definition) is 4. The van der Waals surface area contributed by atoms with E-state index < -0.39 is 0 Å². The van der Waals surface area contributed by atoms with Gasteiger partial charge in [0.2, 0.25) is 0 Å². The van der Waals surface area contributed by atoms with Gasteiger partial charge in [-0.2, -0.15) is 16.9 Å². The number of aryl methyl sites for hydroxylation is 3. The summed E-state index contributed by atoms with van der Waals surface area (Å²) in [6.45, 7) is 6.06. The third-order valence-electron chi connectivity index (χ3n) is 4.83. The minimum Gasteiger partial charge on any atom is -0.329 e. The van der Waals surface area contributed by atoms with Gasteiger partial charge in [-0.15, -0.1) is 0 Å². The molecule has 0 saturated heterocycles. The van der Waals surface area contributed by atoms with Crippen molar-refractivity contribution < 1.29 is 0 Å². The van der Waals surface area contributed by atoms with Crippen LogP contribution in [0.15, 0.2) is 42.7 Å². The van der Waals surface area contributed by atoms with Crippen LogP contribution in [0, 0.1) is 6.92 Å². The summed E-state index contributed by atoms with van der Waals surface area (Å²) in [5.74, 6) is 3.09. The molecule has 3 aromatic rings. The fourth-order valence-corrected chi connectivity index (χ4v) is 4.32. The van der Waals surface area contributed by atoms with Crippen LogP contribution in [0.2, 0.25) is 0 Å². The molecule has 0 radical (unpaired) electrons. The summed E-state index contributed by atoms with van der Waals surface area (Å²) >= 11 is 1.97. The number of fused-ring (bicyclic) bond motifs is 1. The largest absolute Gasteiger partial charge is 0.329 e. The van der Waals surface area contributed by atoms with E-state index in [0.29, 0.717) is 0 Å². The van der Waals surface area contributed by atoms with E-state index in [0.717, 1.165) is 55.6 Å². The molecule has 0 fully saturated rings. The van der Waals surface area contributed by atoms with Crippen LogP contribution in [-0.2, 0) is 25.4 Å². The summed E-state index contributed by atoms with van der Waals surface area (Å²) in [4.78, 5) is 4.56. The molecule has 0 spiro atoms. The van der Waals surface area contributed by atoms with E-state index in [4.69, 9.17) is 5.10 Å². The van der Waals surface area contributed by atoms with Crippen molar-refractivity contribution in [3.8, 4) is 11.5 Å². The zero-order chi connectivity index (χ0) is 17.8. The molecular formula is C20H25N5S. The molecule has 4 rings (SSSR count). The number of rotatable bonds is 6. The van der Waals surface area contributed by atoms with Crippen molar-refractivity contribution in [1.29, 1.82) is 0 Å². The number of nitrogens with one attached hydrogen (secondary N) is 1. The van der Waals surface area contributed by atoms with Gasteiger partial charge in [0, 0.05) is 43.5 Å². The molecule has 2 aromatic heterocycles. The standard InChI is InChI=1S/C20H25N5S/c1-16-5-2-3-6-17(16)15-26-12-11-24-10-8-22-20(24)19-13-18-14-21-7-4-9-25(18)23-19/h2-3,5-6,8,10,13,21H,4,7,9,11-12,14-15H2,1H3. The summed E-state index contributed by atoms with van der Waals surface area (Å²) < 4.78 is 4.35. The van der Waals surface area contributed by atoms with E-state index in [1.807, 2.05) is 18.0 Å². The highest BCUT2D eigenvalue weighted by atomic mass is 32.2. The second kappa shape index (κ2) is 8.10. The molecule has 0 atom stereocenters. The first-order valence-corrected chi connectivity index (χ1v) is 10.4. The molecule has 26 heavy (non-hydrogen) atoms. The maximum Gasteiger partial charge on any atom is 0.160 e. The Morgan fingerprint density at radius 2 is 2.19 bits per heavy atom. The summed E-state index contributed by atoms with van der Waals surface area (Å²) in [6, 6.07) is 10.8. The molecule has 136 valence electrons. The van der Waals surface area contributed by atoms with Crippen LogP contribution in [0.4, 0.5) is 0 Å². The lowest BCUT2D eigenvalue weighted by molar-refractivity contribution is 0.587. The van der Waals surface area contributed by atoms with Gasteiger partial charge < -0.3 is 9.88 Å². The summed E-state index contributed by atoms with van der Waals surface area (Å²) in [7, 11) is 0. The van der Waals surface area contributed by atoms with Gasteiger partial charge in [0.1, 0.15) is 5.69 Å². The van der Waals surface area contributed by atoms with Crippen molar-refractivity contribution in [1.82, 2.24) is 24.6 Å². The first-order valence-electron chi connectivity index (χ1n) is 9.22. The third-order valence-corrected chi connectivity index (χ3v) is 5.82. The predicted molar refractivity (Wildman–Crippen MR) is 107 cm³/mol. The maximum absolute atomic E-state index is 4.79. The minimum absolute atomic E-state index is 0.889. The number of hydrogen-bond donors (Lipinski definition) is 1. The lowest BCUT2D eigenvalue weighted by Gasteiger charge is -2.08. The molecule has 1 aromatic carbocycles. The van der Waals surface area contributed by atoms with Gasteiger partial charge in [-0.05, 0) is 37.1 Å². The minimum atomic E-state index is 0.889. The zero-order valence-electron chi connectivity index (χ0n) is 15.2. The van der Waals surface area contributed by atoms with E-state index in [2.05, 4.69) is 63.0 Å². The van der Waals surface area contributed by atoms with Gasteiger partial charge in [-0.3, -0.25) is 4.68 Å². The van der Waals surface area contributed by atoms with Crippen molar-refractivity contribution in [3.05, 3.63) is 59.5 Å². The second-order valence-corrected chi connectivity index (χ2v) is 7.80. The van der Waals surface area contributed by atoms with E-state index in [1.165, 1.54) is 16.8 Å². The van der Waals surface area contributed by atoms with Crippen LogP contribution in [0.1, 0.15) is 23.2 Å². The van der Waals surface area contributed by atoms with Gasteiger partial charge >= 0.3 is 0 Å². The Labute approximate surface area is 158 Å². The molecule has 0 amide bonds. The van der Waals surface area contributed by atoms with Crippen LogP contribution in [0.3, 0.4) is 0 Å². The molecule has 6 heteroatoms. The van der Waals surface area contributed by atoms with E-state index in [9.17, 15) is 0 Å². The van der Waals surface area contributed by atoms with Gasteiger partial charge in [0.15, 0.2) is 5.82 Å². The molecular weight excluding hydrogens is 342 g/mol. The average Bonchev–Trinajstić information content (AvgIpc) is 3.21. The molecule has 0 bridgehead atoms. The van der Waals surface area contributed by atoms with Crippen molar-refractivity contribution in [2.45, 2.75) is 38.7 Å². The van der Waals surface area contributed by atoms with Gasteiger partial charge in [-0.25, -0.2) is 4.98 Å². The fraction of sp³-hybridized carbons (Fsp3) is 0.400. The molecule has 1 aliphatic rings. The van der Waals surface area contributed by atoms with E-state index >= 15 is 0 Å². The first-order chi connectivity index (χ1) is 12.8. The molecule has 3 heterocycles. The Morgan fingerprint density at radius 1 is 1.27 bits per heavy atom. The normalized spacial score (nSPS) is 14.2. The molecule has 0 saturated carbocycles. The van der Waals surface area contributed by atoms with Crippen LogP contribution >= 0.6 is 11.8 Å². The highest BCUT2D eigenvalue weighted by molar-refractivity contribution is 7.98. The highest BCUT2D eigenvalue weighted by Gasteiger charge is 2.15. The number of aromatic nitrogens is 4.